The molecule has 20 heavy (non-hydrogen) atoms. The minimum absolute atomic E-state index is 0.108. The Hall–Kier alpha value is -1.65. The molecule has 3 rings (SSSR count). The van der Waals surface area contributed by atoms with Gasteiger partial charge in [0.15, 0.2) is 11.5 Å². The Morgan fingerprint density at radius 3 is 2.55 bits per heavy atom. The molecule has 0 fully saturated rings. The van der Waals surface area contributed by atoms with E-state index in [0.29, 0.717) is 17.4 Å². The number of hydrogen-bond donors (Lipinski definition) is 0. The van der Waals surface area contributed by atoms with Crippen LogP contribution in [0.5, 0.6) is 11.5 Å². The quantitative estimate of drug-likeness (QED) is 0.809. The Bertz CT molecular complexity index is 645. The molecule has 0 unspecified atom stereocenters. The molecule has 102 valence electrons. The molecular weight excluding hydrogens is 274 g/mol. The first kappa shape index (κ1) is 13.3. The third-order valence-corrected chi connectivity index (χ3v) is 3.72. The lowest BCUT2D eigenvalue weighted by atomic mass is 9.56. The van der Waals surface area contributed by atoms with Crippen LogP contribution >= 0.6 is 11.6 Å². The van der Waals surface area contributed by atoms with Crippen molar-refractivity contribution in [1.82, 2.24) is 0 Å². The van der Waals surface area contributed by atoms with Gasteiger partial charge < -0.3 is 14.1 Å². The van der Waals surface area contributed by atoms with Gasteiger partial charge in [-0.25, -0.2) is 0 Å². The summed E-state index contributed by atoms with van der Waals surface area (Å²) in [6.07, 6.45) is 0. The molecule has 3 nitrogen and oxygen atoms in total. The largest absolute Gasteiger partial charge is 0.493 e. The van der Waals surface area contributed by atoms with Gasteiger partial charge in [0.05, 0.1) is 20.8 Å². The fraction of sp³-hybridized carbons (Fsp3) is 0.200. The van der Waals surface area contributed by atoms with E-state index in [0.717, 1.165) is 22.2 Å². The molecule has 0 bridgehead atoms. The van der Waals surface area contributed by atoms with Crippen LogP contribution in [0.25, 0.3) is 0 Å². The minimum Gasteiger partial charge on any atom is -0.493 e. The fourth-order valence-electron chi connectivity index (χ4n) is 2.51. The highest BCUT2D eigenvalue weighted by Crippen LogP contribution is 2.29. The van der Waals surface area contributed by atoms with Crippen molar-refractivity contribution in [2.45, 2.75) is 6.61 Å². The van der Waals surface area contributed by atoms with Crippen molar-refractivity contribution < 1.29 is 14.1 Å². The summed E-state index contributed by atoms with van der Waals surface area (Å²) in [5.41, 5.74) is 3.26. The lowest BCUT2D eigenvalue weighted by Crippen LogP contribution is -2.41. The second-order valence-electron chi connectivity index (χ2n) is 4.65. The van der Waals surface area contributed by atoms with Gasteiger partial charge in [-0.1, -0.05) is 23.7 Å². The van der Waals surface area contributed by atoms with Crippen LogP contribution in [0.15, 0.2) is 36.4 Å². The van der Waals surface area contributed by atoms with Crippen LogP contribution in [-0.2, 0) is 11.3 Å². The van der Waals surface area contributed by atoms with E-state index in [1.807, 2.05) is 36.4 Å². The van der Waals surface area contributed by atoms with E-state index in [-0.39, 0.29) is 6.92 Å². The van der Waals surface area contributed by atoms with Crippen molar-refractivity contribution in [3.05, 3.63) is 47.0 Å². The zero-order valence-electron chi connectivity index (χ0n) is 11.4. The molecule has 0 amide bonds. The first-order chi connectivity index (χ1) is 9.72. The van der Waals surface area contributed by atoms with E-state index in [1.54, 1.807) is 14.2 Å². The summed E-state index contributed by atoms with van der Waals surface area (Å²) in [4.78, 5) is 0. The van der Waals surface area contributed by atoms with Crippen LogP contribution in [0.4, 0.5) is 0 Å². The highest BCUT2D eigenvalue weighted by Gasteiger charge is 2.31. The topological polar surface area (TPSA) is 27.7 Å². The molecule has 2 aromatic rings. The van der Waals surface area contributed by atoms with Crippen LogP contribution in [0.1, 0.15) is 5.56 Å². The highest BCUT2D eigenvalue weighted by atomic mass is 35.5. The van der Waals surface area contributed by atoms with Gasteiger partial charge in [0.2, 0.25) is 0 Å². The maximum Gasteiger partial charge on any atom is 0.362 e. The monoisotopic (exact) mass is 288 g/mol. The van der Waals surface area contributed by atoms with Gasteiger partial charge in [-0.3, -0.25) is 0 Å². The van der Waals surface area contributed by atoms with Crippen molar-refractivity contribution in [3.63, 3.8) is 0 Å². The molecular formula is C15H14BClO3. The highest BCUT2D eigenvalue weighted by molar-refractivity contribution is 6.81. The third-order valence-electron chi connectivity index (χ3n) is 3.48. The Morgan fingerprint density at radius 2 is 1.85 bits per heavy atom. The molecule has 1 heterocycles. The van der Waals surface area contributed by atoms with E-state index in [9.17, 15) is 0 Å². The fourth-order valence-corrected chi connectivity index (χ4v) is 2.71. The van der Waals surface area contributed by atoms with E-state index in [2.05, 4.69) is 0 Å². The van der Waals surface area contributed by atoms with Gasteiger partial charge in [0, 0.05) is 5.02 Å². The number of rotatable bonds is 3. The number of halogens is 1. The van der Waals surface area contributed by atoms with Gasteiger partial charge in [0.25, 0.3) is 0 Å². The zero-order chi connectivity index (χ0) is 14.1. The summed E-state index contributed by atoms with van der Waals surface area (Å²) in [6.45, 7) is 0.455. The van der Waals surface area contributed by atoms with Gasteiger partial charge in [-0.2, -0.15) is 0 Å². The first-order valence-corrected chi connectivity index (χ1v) is 6.72. The third kappa shape index (κ3) is 2.25. The summed E-state index contributed by atoms with van der Waals surface area (Å²) in [6, 6.07) is 11.7. The number of benzene rings is 2. The summed E-state index contributed by atoms with van der Waals surface area (Å²) in [5, 5.41) is 0.708. The van der Waals surface area contributed by atoms with E-state index in [4.69, 9.17) is 25.7 Å². The van der Waals surface area contributed by atoms with Crippen molar-refractivity contribution in [3.8, 4) is 11.5 Å². The van der Waals surface area contributed by atoms with Crippen LogP contribution in [0, 0.1) is 0 Å². The Balaban J connectivity index is 2.05. The minimum atomic E-state index is -0.108. The molecule has 0 aromatic heterocycles. The van der Waals surface area contributed by atoms with Crippen LogP contribution < -0.4 is 20.4 Å². The molecule has 1 aliphatic heterocycles. The summed E-state index contributed by atoms with van der Waals surface area (Å²) >= 11 is 6.06. The Kier molecular flexibility index (Phi) is 3.59. The van der Waals surface area contributed by atoms with Crippen LogP contribution in [0.2, 0.25) is 5.02 Å². The van der Waals surface area contributed by atoms with E-state index < -0.39 is 0 Å². The van der Waals surface area contributed by atoms with Crippen molar-refractivity contribution in [1.29, 1.82) is 0 Å². The van der Waals surface area contributed by atoms with Gasteiger partial charge in [-0.15, -0.1) is 0 Å². The van der Waals surface area contributed by atoms with Crippen molar-refractivity contribution in [2.75, 3.05) is 14.2 Å². The van der Waals surface area contributed by atoms with Gasteiger partial charge in [0.1, 0.15) is 0 Å². The average Bonchev–Trinajstić information content (AvgIpc) is 2.88. The number of methoxy groups -OCH3 is 2. The number of hydrogen-bond acceptors (Lipinski definition) is 3. The SMILES string of the molecule is COc1cc2c(cc1OC)B(c1cccc(Cl)c1)OC2. The Morgan fingerprint density at radius 1 is 1.10 bits per heavy atom. The molecule has 0 radical (unpaired) electrons. The predicted octanol–water partition coefficient (Wildman–Crippen LogP) is 1.99. The van der Waals surface area contributed by atoms with Crippen LogP contribution in [-0.4, -0.2) is 21.1 Å². The number of fused-ring (bicyclic) bond motifs is 1. The summed E-state index contributed by atoms with van der Waals surface area (Å²) < 4.78 is 16.6. The molecule has 0 spiro atoms. The molecule has 1 aliphatic rings. The zero-order valence-corrected chi connectivity index (χ0v) is 12.1. The number of ether oxygens (including phenoxy) is 2. The van der Waals surface area contributed by atoms with Gasteiger partial charge in [-0.05, 0) is 40.8 Å². The van der Waals surface area contributed by atoms with E-state index in [1.165, 1.54) is 0 Å². The molecule has 0 saturated heterocycles. The average molecular weight is 289 g/mol. The lowest BCUT2D eigenvalue weighted by molar-refractivity contribution is 0.334. The molecule has 0 saturated carbocycles. The van der Waals surface area contributed by atoms with E-state index >= 15 is 0 Å². The smallest absolute Gasteiger partial charge is 0.362 e. The Labute approximate surface area is 123 Å². The maximum absolute atomic E-state index is 6.06. The maximum atomic E-state index is 6.06. The summed E-state index contributed by atoms with van der Waals surface area (Å²) in [7, 11) is 3.27. The molecule has 0 atom stereocenters. The normalized spacial score (nSPS) is 13.2. The standard InChI is InChI=1S/C15H14BClO3/c1-18-14-6-10-9-20-16(13(10)8-15(14)19-2)11-4-3-5-12(17)7-11/h3-8H,9H2,1-2H3. The second-order valence-corrected chi connectivity index (χ2v) is 5.09. The van der Waals surface area contributed by atoms with Crippen molar-refractivity contribution >= 4 is 29.4 Å². The van der Waals surface area contributed by atoms with Crippen molar-refractivity contribution in [2.24, 2.45) is 0 Å². The molecule has 0 aliphatic carbocycles. The second kappa shape index (κ2) is 5.39. The molecule has 5 heteroatoms. The van der Waals surface area contributed by atoms with Gasteiger partial charge >= 0.3 is 6.92 Å². The lowest BCUT2D eigenvalue weighted by Gasteiger charge is -2.11. The first-order valence-electron chi connectivity index (χ1n) is 6.35. The molecule has 2 aromatic carbocycles. The summed E-state index contributed by atoms with van der Waals surface area (Å²) in [5.74, 6) is 1.44. The molecule has 0 N–H and O–H groups in total. The predicted molar refractivity (Wildman–Crippen MR) is 80.8 cm³/mol. The van der Waals surface area contributed by atoms with Crippen LogP contribution in [0.3, 0.4) is 0 Å².